The standard InChI is InChI=1S/C20H14N2/c1-3-7-17-13-19(11-9-15(17)5-1)21-22-20-12-10-16-6-2-4-8-18(16)14-20/h1-14H. The summed E-state index contributed by atoms with van der Waals surface area (Å²) in [5.74, 6) is 0. The molecule has 0 saturated carbocycles. The van der Waals surface area contributed by atoms with Gasteiger partial charge in [0.1, 0.15) is 0 Å². The first-order chi connectivity index (χ1) is 10.9. The van der Waals surface area contributed by atoms with E-state index in [1.165, 1.54) is 21.5 Å². The van der Waals surface area contributed by atoms with E-state index in [-0.39, 0.29) is 0 Å². The minimum atomic E-state index is 0.867. The summed E-state index contributed by atoms with van der Waals surface area (Å²) in [7, 11) is 0. The van der Waals surface area contributed by atoms with Crippen LogP contribution in [0.3, 0.4) is 0 Å². The Kier molecular flexibility index (Phi) is 3.13. The van der Waals surface area contributed by atoms with Gasteiger partial charge in [0.15, 0.2) is 0 Å². The topological polar surface area (TPSA) is 24.7 Å². The lowest BCUT2D eigenvalue weighted by molar-refractivity contribution is 1.24. The summed E-state index contributed by atoms with van der Waals surface area (Å²) in [5, 5.41) is 13.5. The van der Waals surface area contributed by atoms with Crippen molar-refractivity contribution in [2.45, 2.75) is 0 Å². The van der Waals surface area contributed by atoms with E-state index in [2.05, 4.69) is 58.8 Å². The van der Waals surface area contributed by atoms with Gasteiger partial charge in [0.2, 0.25) is 0 Å². The summed E-state index contributed by atoms with van der Waals surface area (Å²) in [5.41, 5.74) is 1.73. The highest BCUT2D eigenvalue weighted by Crippen LogP contribution is 2.25. The summed E-state index contributed by atoms with van der Waals surface area (Å²) in [6.07, 6.45) is 0. The molecule has 0 aliphatic carbocycles. The van der Waals surface area contributed by atoms with E-state index < -0.39 is 0 Å². The van der Waals surface area contributed by atoms with Crippen molar-refractivity contribution in [1.82, 2.24) is 0 Å². The largest absolute Gasteiger partial charge is 0.151 e. The van der Waals surface area contributed by atoms with E-state index in [0.717, 1.165) is 11.4 Å². The molecule has 0 atom stereocenters. The Labute approximate surface area is 128 Å². The fraction of sp³-hybridized carbons (Fsp3) is 0. The Morgan fingerprint density at radius 1 is 0.409 bits per heavy atom. The Hall–Kier alpha value is -3.00. The Balaban J connectivity index is 1.68. The first-order valence-corrected chi connectivity index (χ1v) is 7.28. The highest BCUT2D eigenvalue weighted by molar-refractivity contribution is 5.86. The predicted octanol–water partition coefficient (Wildman–Crippen LogP) is 6.41. The second-order valence-electron chi connectivity index (χ2n) is 5.26. The highest BCUT2D eigenvalue weighted by atomic mass is 15.1. The van der Waals surface area contributed by atoms with Gasteiger partial charge < -0.3 is 0 Å². The smallest absolute Gasteiger partial charge is 0.0863 e. The molecule has 104 valence electrons. The Bertz CT molecular complexity index is 905. The van der Waals surface area contributed by atoms with Gasteiger partial charge in [-0.15, -0.1) is 0 Å². The molecule has 0 aliphatic rings. The zero-order valence-electron chi connectivity index (χ0n) is 12.0. The summed E-state index contributed by atoms with van der Waals surface area (Å²) < 4.78 is 0. The minimum Gasteiger partial charge on any atom is -0.151 e. The molecule has 0 heterocycles. The van der Waals surface area contributed by atoms with Crippen molar-refractivity contribution < 1.29 is 0 Å². The molecule has 22 heavy (non-hydrogen) atoms. The van der Waals surface area contributed by atoms with Crippen LogP contribution in [-0.4, -0.2) is 0 Å². The van der Waals surface area contributed by atoms with Crippen LogP contribution in [0.2, 0.25) is 0 Å². The Morgan fingerprint density at radius 3 is 1.27 bits per heavy atom. The van der Waals surface area contributed by atoms with Gasteiger partial charge in [-0.3, -0.25) is 0 Å². The second kappa shape index (κ2) is 5.41. The van der Waals surface area contributed by atoms with Crippen LogP contribution in [0.5, 0.6) is 0 Å². The van der Waals surface area contributed by atoms with Gasteiger partial charge in [-0.05, 0) is 45.8 Å². The molecule has 0 amide bonds. The predicted molar refractivity (Wildman–Crippen MR) is 92.1 cm³/mol. The van der Waals surface area contributed by atoms with Crippen molar-refractivity contribution in [3.8, 4) is 0 Å². The lowest BCUT2D eigenvalue weighted by Crippen LogP contribution is -1.72. The number of rotatable bonds is 2. The number of nitrogens with zero attached hydrogens (tertiary/aromatic N) is 2. The minimum absolute atomic E-state index is 0.867. The maximum atomic E-state index is 4.36. The van der Waals surface area contributed by atoms with Crippen LogP contribution in [0, 0.1) is 0 Å². The van der Waals surface area contributed by atoms with E-state index in [0.29, 0.717) is 0 Å². The van der Waals surface area contributed by atoms with Crippen molar-refractivity contribution in [1.29, 1.82) is 0 Å². The van der Waals surface area contributed by atoms with Crippen LogP contribution in [0.1, 0.15) is 0 Å². The summed E-state index contributed by atoms with van der Waals surface area (Å²) >= 11 is 0. The highest BCUT2D eigenvalue weighted by Gasteiger charge is 1.96. The fourth-order valence-corrected chi connectivity index (χ4v) is 2.59. The van der Waals surface area contributed by atoms with Crippen LogP contribution in [0.15, 0.2) is 95.2 Å². The van der Waals surface area contributed by atoms with Gasteiger partial charge in [0.25, 0.3) is 0 Å². The van der Waals surface area contributed by atoms with Gasteiger partial charge in [0, 0.05) is 0 Å². The van der Waals surface area contributed by atoms with E-state index in [1.807, 2.05) is 36.4 Å². The molecular weight excluding hydrogens is 268 g/mol. The molecule has 0 fully saturated rings. The Morgan fingerprint density at radius 2 is 0.818 bits per heavy atom. The van der Waals surface area contributed by atoms with Crippen LogP contribution in [-0.2, 0) is 0 Å². The summed E-state index contributed by atoms with van der Waals surface area (Å²) in [4.78, 5) is 0. The monoisotopic (exact) mass is 282 g/mol. The number of azo groups is 1. The zero-order valence-corrected chi connectivity index (χ0v) is 12.0. The molecule has 2 nitrogen and oxygen atoms in total. The lowest BCUT2D eigenvalue weighted by Gasteiger charge is -1.99. The van der Waals surface area contributed by atoms with Gasteiger partial charge >= 0.3 is 0 Å². The van der Waals surface area contributed by atoms with E-state index >= 15 is 0 Å². The van der Waals surface area contributed by atoms with Crippen molar-refractivity contribution in [2.75, 3.05) is 0 Å². The summed E-state index contributed by atoms with van der Waals surface area (Å²) in [6.45, 7) is 0. The zero-order chi connectivity index (χ0) is 14.8. The molecule has 4 aromatic rings. The molecular formula is C20H14N2. The third kappa shape index (κ3) is 2.47. The van der Waals surface area contributed by atoms with E-state index in [4.69, 9.17) is 0 Å². The van der Waals surface area contributed by atoms with Crippen LogP contribution in [0.25, 0.3) is 21.5 Å². The van der Waals surface area contributed by atoms with Crippen LogP contribution >= 0.6 is 0 Å². The van der Waals surface area contributed by atoms with E-state index in [1.54, 1.807) is 0 Å². The van der Waals surface area contributed by atoms with Gasteiger partial charge in [-0.25, -0.2) is 0 Å². The number of fused-ring (bicyclic) bond motifs is 2. The van der Waals surface area contributed by atoms with Crippen molar-refractivity contribution in [2.24, 2.45) is 10.2 Å². The SMILES string of the molecule is c1ccc2cc(N=Nc3ccc4ccccc4c3)ccc2c1. The third-order valence-electron chi connectivity index (χ3n) is 3.75. The third-order valence-corrected chi connectivity index (χ3v) is 3.75. The van der Waals surface area contributed by atoms with Crippen molar-refractivity contribution in [3.63, 3.8) is 0 Å². The summed E-state index contributed by atoms with van der Waals surface area (Å²) in [6, 6.07) is 28.8. The molecule has 0 saturated heterocycles. The van der Waals surface area contributed by atoms with Gasteiger partial charge in [-0.1, -0.05) is 60.7 Å². The lowest BCUT2D eigenvalue weighted by atomic mass is 10.1. The van der Waals surface area contributed by atoms with Crippen LogP contribution < -0.4 is 0 Å². The molecule has 4 rings (SSSR count). The van der Waals surface area contributed by atoms with Crippen molar-refractivity contribution >= 4 is 32.9 Å². The number of hydrogen-bond acceptors (Lipinski definition) is 2. The number of benzene rings is 4. The average molecular weight is 282 g/mol. The van der Waals surface area contributed by atoms with Crippen molar-refractivity contribution in [3.05, 3.63) is 84.9 Å². The maximum absolute atomic E-state index is 4.36. The van der Waals surface area contributed by atoms with Crippen LogP contribution in [0.4, 0.5) is 11.4 Å². The molecule has 0 bridgehead atoms. The normalized spacial score (nSPS) is 11.5. The second-order valence-corrected chi connectivity index (χ2v) is 5.26. The maximum Gasteiger partial charge on any atom is 0.0863 e. The quantitative estimate of drug-likeness (QED) is 0.379. The fourth-order valence-electron chi connectivity index (χ4n) is 2.59. The molecule has 0 aromatic heterocycles. The first kappa shape index (κ1) is 12.7. The first-order valence-electron chi connectivity index (χ1n) is 7.28. The molecule has 0 unspecified atom stereocenters. The average Bonchev–Trinajstić information content (AvgIpc) is 2.59. The number of hydrogen-bond donors (Lipinski definition) is 0. The van der Waals surface area contributed by atoms with E-state index in [9.17, 15) is 0 Å². The molecule has 2 heteroatoms. The van der Waals surface area contributed by atoms with Gasteiger partial charge in [-0.2, -0.15) is 10.2 Å². The molecule has 0 radical (unpaired) electrons. The van der Waals surface area contributed by atoms with Gasteiger partial charge in [0.05, 0.1) is 11.4 Å². The molecule has 0 spiro atoms. The molecule has 4 aromatic carbocycles. The molecule has 0 aliphatic heterocycles. The molecule has 0 N–H and O–H groups in total.